The highest BCUT2D eigenvalue weighted by Gasteiger charge is 2.31. The number of likely N-dealkylation sites (tertiary alicyclic amines) is 1. The average molecular weight is 307 g/mol. The molecule has 1 saturated heterocycles. The molecular weight excluding hydrogens is 290 g/mol. The minimum atomic E-state index is 0.00682. The van der Waals surface area contributed by atoms with Crippen LogP contribution in [0.15, 0.2) is 36.9 Å². The van der Waals surface area contributed by atoms with Gasteiger partial charge in [0.25, 0.3) is 5.91 Å². The molecule has 23 heavy (non-hydrogen) atoms. The minimum absolute atomic E-state index is 0.00682. The molecule has 3 heterocycles. The van der Waals surface area contributed by atoms with Crippen LogP contribution in [0.25, 0.3) is 11.0 Å². The van der Waals surface area contributed by atoms with Crippen molar-refractivity contribution in [2.24, 2.45) is 0 Å². The molecule has 116 valence electrons. The highest BCUT2D eigenvalue weighted by molar-refractivity contribution is 5.97. The van der Waals surface area contributed by atoms with E-state index >= 15 is 0 Å². The Kier molecular flexibility index (Phi) is 3.29. The van der Waals surface area contributed by atoms with Gasteiger partial charge >= 0.3 is 0 Å². The van der Waals surface area contributed by atoms with Crippen molar-refractivity contribution in [2.75, 3.05) is 6.54 Å². The van der Waals surface area contributed by atoms with Crippen molar-refractivity contribution in [3.05, 3.63) is 53.9 Å². The molecule has 0 unspecified atom stereocenters. The number of aromatic amines is 1. The lowest BCUT2D eigenvalue weighted by molar-refractivity contribution is 0.0732. The third-order valence-electron chi connectivity index (χ3n) is 4.30. The van der Waals surface area contributed by atoms with Crippen LogP contribution in [-0.4, -0.2) is 37.3 Å². The Labute approximate surface area is 133 Å². The van der Waals surface area contributed by atoms with E-state index in [1.54, 1.807) is 18.7 Å². The molecule has 1 aromatic carbocycles. The molecule has 2 aromatic heterocycles. The lowest BCUT2D eigenvalue weighted by atomic mass is 10.1. The van der Waals surface area contributed by atoms with Crippen LogP contribution in [0.5, 0.6) is 0 Å². The molecule has 1 fully saturated rings. The standard InChI is InChI=1S/C17H17N5O/c1-11-8-18-9-15(21-11)16-3-2-6-22(16)17(23)12-4-5-13-14(7-12)20-10-19-13/h4-5,7-10,16H,2-3,6H2,1H3,(H,19,20)/t16-/m1/s1. The number of carbonyl (C=O) groups is 1. The van der Waals surface area contributed by atoms with Gasteiger partial charge in [-0.15, -0.1) is 0 Å². The van der Waals surface area contributed by atoms with E-state index in [2.05, 4.69) is 19.9 Å². The number of rotatable bonds is 2. The van der Waals surface area contributed by atoms with Gasteiger partial charge in [-0.2, -0.15) is 0 Å². The number of amides is 1. The Bertz CT molecular complexity index is 872. The van der Waals surface area contributed by atoms with Gasteiger partial charge in [-0.3, -0.25) is 14.8 Å². The molecule has 1 atom stereocenters. The molecule has 3 aromatic rings. The Hall–Kier alpha value is -2.76. The molecular formula is C17H17N5O. The summed E-state index contributed by atoms with van der Waals surface area (Å²) in [6, 6.07) is 5.58. The predicted molar refractivity (Wildman–Crippen MR) is 85.9 cm³/mol. The summed E-state index contributed by atoms with van der Waals surface area (Å²) in [6.45, 7) is 2.67. The second-order valence-corrected chi connectivity index (χ2v) is 5.88. The van der Waals surface area contributed by atoms with Crippen LogP contribution >= 0.6 is 0 Å². The van der Waals surface area contributed by atoms with Crippen LogP contribution < -0.4 is 0 Å². The summed E-state index contributed by atoms with van der Waals surface area (Å²) in [5, 5.41) is 0. The predicted octanol–water partition coefficient (Wildman–Crippen LogP) is 2.64. The maximum Gasteiger partial charge on any atom is 0.254 e. The fourth-order valence-electron chi connectivity index (χ4n) is 3.20. The van der Waals surface area contributed by atoms with Crippen molar-refractivity contribution >= 4 is 16.9 Å². The number of imidazole rings is 1. The van der Waals surface area contributed by atoms with Gasteiger partial charge in [0.2, 0.25) is 0 Å². The Morgan fingerprint density at radius 1 is 1.35 bits per heavy atom. The van der Waals surface area contributed by atoms with E-state index in [0.29, 0.717) is 5.56 Å². The van der Waals surface area contributed by atoms with Gasteiger partial charge in [-0.1, -0.05) is 0 Å². The number of carbonyl (C=O) groups excluding carboxylic acids is 1. The van der Waals surface area contributed by atoms with E-state index in [0.717, 1.165) is 41.8 Å². The number of aryl methyl sites for hydroxylation is 1. The number of hydrogen-bond acceptors (Lipinski definition) is 4. The monoisotopic (exact) mass is 307 g/mol. The Morgan fingerprint density at radius 2 is 2.26 bits per heavy atom. The summed E-state index contributed by atoms with van der Waals surface area (Å²) < 4.78 is 0. The molecule has 0 radical (unpaired) electrons. The maximum absolute atomic E-state index is 12.9. The summed E-state index contributed by atoms with van der Waals surface area (Å²) in [4.78, 5) is 30.8. The zero-order chi connectivity index (χ0) is 15.8. The lowest BCUT2D eigenvalue weighted by Crippen LogP contribution is -2.31. The van der Waals surface area contributed by atoms with Crippen molar-refractivity contribution < 1.29 is 4.79 Å². The van der Waals surface area contributed by atoms with Crippen molar-refractivity contribution in [3.63, 3.8) is 0 Å². The van der Waals surface area contributed by atoms with Gasteiger partial charge in [-0.25, -0.2) is 4.98 Å². The number of nitrogens with one attached hydrogen (secondary N) is 1. The molecule has 4 rings (SSSR count). The number of benzene rings is 1. The van der Waals surface area contributed by atoms with Crippen LogP contribution in [0.4, 0.5) is 0 Å². The quantitative estimate of drug-likeness (QED) is 0.789. The first-order chi connectivity index (χ1) is 11.2. The number of fused-ring (bicyclic) bond motifs is 1. The molecule has 6 nitrogen and oxygen atoms in total. The Morgan fingerprint density at radius 3 is 3.13 bits per heavy atom. The van der Waals surface area contributed by atoms with E-state index in [1.165, 1.54) is 0 Å². The summed E-state index contributed by atoms with van der Waals surface area (Å²) in [5.74, 6) is 0.0345. The number of H-pyrrole nitrogens is 1. The van der Waals surface area contributed by atoms with Gasteiger partial charge in [-0.05, 0) is 38.0 Å². The molecule has 1 aliphatic rings. The number of aromatic nitrogens is 4. The Balaban J connectivity index is 1.66. The van der Waals surface area contributed by atoms with Crippen molar-refractivity contribution in [2.45, 2.75) is 25.8 Å². The average Bonchev–Trinajstić information content (AvgIpc) is 3.22. The third-order valence-corrected chi connectivity index (χ3v) is 4.30. The van der Waals surface area contributed by atoms with E-state index in [-0.39, 0.29) is 11.9 Å². The maximum atomic E-state index is 12.9. The van der Waals surface area contributed by atoms with Crippen molar-refractivity contribution in [1.29, 1.82) is 0 Å². The fraction of sp³-hybridized carbons (Fsp3) is 0.294. The molecule has 0 saturated carbocycles. The summed E-state index contributed by atoms with van der Waals surface area (Å²) in [7, 11) is 0. The normalized spacial score (nSPS) is 17.8. The smallest absolute Gasteiger partial charge is 0.254 e. The minimum Gasteiger partial charge on any atom is -0.345 e. The van der Waals surface area contributed by atoms with E-state index in [1.807, 2.05) is 30.0 Å². The second kappa shape index (κ2) is 5.46. The summed E-state index contributed by atoms with van der Waals surface area (Å²) in [5.41, 5.74) is 4.17. The van der Waals surface area contributed by atoms with Crippen LogP contribution in [0.1, 0.15) is 40.6 Å². The highest BCUT2D eigenvalue weighted by atomic mass is 16.2. The van der Waals surface area contributed by atoms with Gasteiger partial charge in [0.05, 0.1) is 41.0 Å². The fourth-order valence-corrected chi connectivity index (χ4v) is 3.20. The largest absolute Gasteiger partial charge is 0.345 e. The first-order valence-corrected chi connectivity index (χ1v) is 7.75. The first kappa shape index (κ1) is 13.9. The molecule has 0 aliphatic carbocycles. The van der Waals surface area contributed by atoms with E-state index in [9.17, 15) is 4.79 Å². The molecule has 1 aliphatic heterocycles. The summed E-state index contributed by atoms with van der Waals surface area (Å²) in [6.07, 6.45) is 7.05. The lowest BCUT2D eigenvalue weighted by Gasteiger charge is -2.24. The molecule has 0 spiro atoms. The van der Waals surface area contributed by atoms with Gasteiger partial charge in [0.1, 0.15) is 0 Å². The molecule has 6 heteroatoms. The van der Waals surface area contributed by atoms with Gasteiger partial charge in [0, 0.05) is 18.3 Å². The van der Waals surface area contributed by atoms with Gasteiger partial charge < -0.3 is 9.88 Å². The summed E-state index contributed by atoms with van der Waals surface area (Å²) >= 11 is 0. The molecule has 1 N–H and O–H groups in total. The SMILES string of the molecule is Cc1cncc([C@H]2CCCN2C(=O)c2ccc3nc[nH]c3c2)n1. The zero-order valence-corrected chi connectivity index (χ0v) is 12.9. The third kappa shape index (κ3) is 2.46. The van der Waals surface area contributed by atoms with Gasteiger partial charge in [0.15, 0.2) is 0 Å². The van der Waals surface area contributed by atoms with Crippen molar-refractivity contribution in [3.8, 4) is 0 Å². The molecule has 1 amide bonds. The molecule has 0 bridgehead atoms. The number of hydrogen-bond donors (Lipinski definition) is 1. The van der Waals surface area contributed by atoms with Crippen LogP contribution in [0.2, 0.25) is 0 Å². The first-order valence-electron chi connectivity index (χ1n) is 7.75. The van der Waals surface area contributed by atoms with E-state index < -0.39 is 0 Å². The van der Waals surface area contributed by atoms with Crippen LogP contribution in [0.3, 0.4) is 0 Å². The number of nitrogens with zero attached hydrogens (tertiary/aromatic N) is 4. The van der Waals surface area contributed by atoms with E-state index in [4.69, 9.17) is 0 Å². The van der Waals surface area contributed by atoms with Crippen molar-refractivity contribution in [1.82, 2.24) is 24.8 Å². The highest BCUT2D eigenvalue weighted by Crippen LogP contribution is 2.32. The van der Waals surface area contributed by atoms with Crippen LogP contribution in [-0.2, 0) is 0 Å². The zero-order valence-electron chi connectivity index (χ0n) is 12.9. The second-order valence-electron chi connectivity index (χ2n) is 5.88. The topological polar surface area (TPSA) is 74.8 Å². The van der Waals surface area contributed by atoms with Crippen LogP contribution in [0, 0.1) is 6.92 Å².